The number of nitrogens with two attached hydrogens (primary N) is 1. The van der Waals surface area contributed by atoms with E-state index in [1.165, 1.54) is 5.01 Å². The highest BCUT2D eigenvalue weighted by atomic mass is 31.0. The standard InChI is InChI=1S/C6H14N3OP/c1-2-3-9(8)5(4-7)6(10)11/h4-5,7H,2-3,8,11H2,1H3. The van der Waals surface area contributed by atoms with Crippen LogP contribution < -0.4 is 5.84 Å². The molecule has 0 aliphatic carbocycles. The molecule has 0 amide bonds. The van der Waals surface area contributed by atoms with Crippen molar-refractivity contribution < 1.29 is 4.79 Å². The van der Waals surface area contributed by atoms with Crippen LogP contribution in [0.3, 0.4) is 0 Å². The fourth-order valence-corrected chi connectivity index (χ4v) is 1.03. The first-order valence-corrected chi connectivity index (χ1v) is 4.02. The van der Waals surface area contributed by atoms with E-state index in [0.717, 1.165) is 12.6 Å². The highest BCUT2D eigenvalue weighted by Crippen LogP contribution is 1.99. The Morgan fingerprint density at radius 2 is 2.45 bits per heavy atom. The molecular weight excluding hydrogens is 161 g/mol. The van der Waals surface area contributed by atoms with Gasteiger partial charge in [-0.3, -0.25) is 10.6 Å². The first-order chi connectivity index (χ1) is 5.13. The van der Waals surface area contributed by atoms with E-state index in [2.05, 4.69) is 0 Å². The first-order valence-electron chi connectivity index (χ1n) is 3.44. The molecule has 0 aromatic rings. The van der Waals surface area contributed by atoms with Crippen molar-refractivity contribution in [2.45, 2.75) is 19.4 Å². The lowest BCUT2D eigenvalue weighted by atomic mass is 10.3. The largest absolute Gasteiger partial charge is 0.311 e. The van der Waals surface area contributed by atoms with E-state index >= 15 is 0 Å². The van der Waals surface area contributed by atoms with Gasteiger partial charge in [0, 0.05) is 12.8 Å². The molecule has 0 saturated heterocycles. The van der Waals surface area contributed by atoms with Gasteiger partial charge in [-0.05, 0) is 6.42 Å². The van der Waals surface area contributed by atoms with Gasteiger partial charge in [0.1, 0.15) is 6.04 Å². The van der Waals surface area contributed by atoms with Gasteiger partial charge in [-0.1, -0.05) is 16.2 Å². The van der Waals surface area contributed by atoms with Crippen LogP contribution >= 0.6 is 9.24 Å². The number of nitrogens with zero attached hydrogens (tertiary/aromatic N) is 1. The molecule has 0 aromatic carbocycles. The van der Waals surface area contributed by atoms with E-state index in [1.54, 1.807) is 0 Å². The van der Waals surface area contributed by atoms with E-state index < -0.39 is 6.04 Å². The van der Waals surface area contributed by atoms with Gasteiger partial charge in [0.2, 0.25) is 0 Å². The maximum atomic E-state index is 10.8. The Bertz CT molecular complexity index is 151. The predicted octanol–water partition coefficient (Wildman–Crippen LogP) is -0.00803. The number of hydrogen-bond donors (Lipinski definition) is 2. The second kappa shape index (κ2) is 5.35. The molecule has 0 aliphatic rings. The van der Waals surface area contributed by atoms with Crippen LogP contribution in [0, 0.1) is 5.41 Å². The molecule has 5 heteroatoms. The molecule has 0 rings (SSSR count). The van der Waals surface area contributed by atoms with Crippen LogP contribution in [0.15, 0.2) is 0 Å². The number of carbonyl (C=O) groups excluding carboxylic acids is 1. The van der Waals surface area contributed by atoms with Gasteiger partial charge in [0.15, 0.2) is 5.52 Å². The Morgan fingerprint density at radius 1 is 1.91 bits per heavy atom. The number of hydrazine groups is 1. The molecular formula is C6H14N3OP. The molecule has 0 fully saturated rings. The van der Waals surface area contributed by atoms with Crippen molar-refractivity contribution in [2.75, 3.05) is 6.54 Å². The first kappa shape index (κ1) is 10.7. The van der Waals surface area contributed by atoms with Gasteiger partial charge in [-0.15, -0.1) is 0 Å². The molecule has 0 bridgehead atoms. The normalized spacial score (nSPS) is 13.1. The zero-order chi connectivity index (χ0) is 8.85. The molecule has 2 unspecified atom stereocenters. The molecule has 0 aromatic heterocycles. The topological polar surface area (TPSA) is 70.2 Å². The fourth-order valence-electron chi connectivity index (χ4n) is 0.739. The minimum absolute atomic E-state index is 0.170. The molecule has 0 aliphatic heterocycles. The van der Waals surface area contributed by atoms with Crippen molar-refractivity contribution in [3.63, 3.8) is 0 Å². The monoisotopic (exact) mass is 175 g/mol. The quantitative estimate of drug-likeness (QED) is 0.267. The summed E-state index contributed by atoms with van der Waals surface area (Å²) >= 11 is 0. The van der Waals surface area contributed by atoms with E-state index in [-0.39, 0.29) is 5.52 Å². The van der Waals surface area contributed by atoms with Crippen LogP contribution in [0.2, 0.25) is 0 Å². The zero-order valence-electron chi connectivity index (χ0n) is 6.58. The van der Waals surface area contributed by atoms with Crippen molar-refractivity contribution in [1.82, 2.24) is 5.01 Å². The maximum Gasteiger partial charge on any atom is 0.172 e. The van der Waals surface area contributed by atoms with Gasteiger partial charge in [-0.2, -0.15) is 0 Å². The molecule has 64 valence electrons. The summed E-state index contributed by atoms with van der Waals surface area (Å²) in [5, 5.41) is 8.28. The van der Waals surface area contributed by atoms with Crippen LogP contribution in [-0.4, -0.2) is 29.3 Å². The average Bonchev–Trinajstić information content (AvgIpc) is 1.88. The van der Waals surface area contributed by atoms with E-state index in [0.29, 0.717) is 6.54 Å². The van der Waals surface area contributed by atoms with Gasteiger partial charge in [0.25, 0.3) is 0 Å². The second-order valence-electron chi connectivity index (χ2n) is 2.25. The van der Waals surface area contributed by atoms with Crippen molar-refractivity contribution in [1.29, 1.82) is 5.41 Å². The summed E-state index contributed by atoms with van der Waals surface area (Å²) in [4.78, 5) is 10.8. The summed E-state index contributed by atoms with van der Waals surface area (Å²) in [6, 6.07) is -0.583. The molecule has 0 spiro atoms. The predicted molar refractivity (Wildman–Crippen MR) is 48.5 cm³/mol. The van der Waals surface area contributed by atoms with Crippen LogP contribution in [-0.2, 0) is 4.79 Å². The maximum absolute atomic E-state index is 10.8. The Balaban J connectivity index is 4.02. The highest BCUT2D eigenvalue weighted by Gasteiger charge is 2.15. The zero-order valence-corrected chi connectivity index (χ0v) is 7.73. The van der Waals surface area contributed by atoms with Gasteiger partial charge < -0.3 is 5.41 Å². The Kier molecular flexibility index (Phi) is 5.20. The minimum atomic E-state index is -0.583. The lowest BCUT2D eigenvalue weighted by molar-refractivity contribution is -0.113. The average molecular weight is 175 g/mol. The van der Waals surface area contributed by atoms with Crippen LogP contribution in [0.5, 0.6) is 0 Å². The van der Waals surface area contributed by atoms with E-state index in [4.69, 9.17) is 11.3 Å². The minimum Gasteiger partial charge on any atom is -0.311 e. The van der Waals surface area contributed by atoms with Gasteiger partial charge >= 0.3 is 0 Å². The van der Waals surface area contributed by atoms with Crippen LogP contribution in [0.25, 0.3) is 0 Å². The molecule has 11 heavy (non-hydrogen) atoms. The second-order valence-corrected chi connectivity index (χ2v) is 2.82. The van der Waals surface area contributed by atoms with E-state index in [1.807, 2.05) is 16.2 Å². The molecule has 0 saturated carbocycles. The number of carbonyl (C=O) groups is 1. The third-order valence-electron chi connectivity index (χ3n) is 1.29. The molecule has 3 N–H and O–H groups in total. The Hall–Kier alpha value is -0.310. The number of rotatable bonds is 5. The summed E-state index contributed by atoms with van der Waals surface area (Å²) in [7, 11) is 2.02. The van der Waals surface area contributed by atoms with Crippen molar-refractivity contribution in [3.05, 3.63) is 0 Å². The van der Waals surface area contributed by atoms with E-state index in [9.17, 15) is 4.79 Å². The fraction of sp³-hybridized carbons (Fsp3) is 0.667. The van der Waals surface area contributed by atoms with Gasteiger partial charge in [0.05, 0.1) is 0 Å². The van der Waals surface area contributed by atoms with Crippen molar-refractivity contribution in [2.24, 2.45) is 5.84 Å². The summed E-state index contributed by atoms with van der Waals surface area (Å²) < 4.78 is 0. The SMILES string of the molecule is CCCN(N)C(C=N)C(=O)P. The lowest BCUT2D eigenvalue weighted by Crippen LogP contribution is -2.45. The summed E-state index contributed by atoms with van der Waals surface area (Å²) in [6.07, 6.45) is 1.92. The Labute approximate surface area is 68.8 Å². The third kappa shape index (κ3) is 3.56. The van der Waals surface area contributed by atoms with Crippen molar-refractivity contribution >= 4 is 21.0 Å². The number of hydrogen-bond acceptors (Lipinski definition) is 4. The van der Waals surface area contributed by atoms with Crippen LogP contribution in [0.1, 0.15) is 13.3 Å². The molecule has 0 radical (unpaired) electrons. The van der Waals surface area contributed by atoms with Crippen molar-refractivity contribution in [3.8, 4) is 0 Å². The Morgan fingerprint density at radius 3 is 2.73 bits per heavy atom. The highest BCUT2D eigenvalue weighted by molar-refractivity contribution is 7.40. The molecule has 2 atom stereocenters. The summed E-state index contributed by atoms with van der Waals surface area (Å²) in [5.74, 6) is 5.49. The molecule has 4 nitrogen and oxygen atoms in total. The third-order valence-corrected chi connectivity index (χ3v) is 1.63. The van der Waals surface area contributed by atoms with Crippen LogP contribution in [0.4, 0.5) is 0 Å². The lowest BCUT2D eigenvalue weighted by Gasteiger charge is -2.20. The molecule has 0 heterocycles. The summed E-state index contributed by atoms with van der Waals surface area (Å²) in [6.45, 7) is 2.59. The number of nitrogens with one attached hydrogen (secondary N) is 1. The van der Waals surface area contributed by atoms with Gasteiger partial charge in [-0.25, -0.2) is 5.01 Å². The summed E-state index contributed by atoms with van der Waals surface area (Å²) in [5.41, 5.74) is -0.170. The smallest absolute Gasteiger partial charge is 0.172 e.